The molecule has 0 spiro atoms. The third-order valence-corrected chi connectivity index (χ3v) is 3.38. The fraction of sp³-hybridized carbons (Fsp3) is 0.600. The molecule has 1 atom stereocenters. The van der Waals surface area contributed by atoms with Gasteiger partial charge in [0, 0.05) is 7.11 Å². The summed E-state index contributed by atoms with van der Waals surface area (Å²) in [6.45, 7) is 11.6. The maximum absolute atomic E-state index is 5.64. The fourth-order valence-electron chi connectivity index (χ4n) is 2.12. The van der Waals surface area contributed by atoms with Crippen LogP contribution in [0.3, 0.4) is 0 Å². The standard InChI is InChI=1S/C15H25NO/c1-7-16-14(15(4,5)17-6)13-10-11(2)8-9-12(13)3/h8-10,14,16H,7H2,1-6H3. The van der Waals surface area contributed by atoms with Gasteiger partial charge in [0.1, 0.15) is 0 Å². The number of likely N-dealkylation sites (N-methyl/N-ethyl adjacent to an activating group) is 1. The fourth-order valence-corrected chi connectivity index (χ4v) is 2.12. The molecule has 1 aromatic carbocycles. The summed E-state index contributed by atoms with van der Waals surface area (Å²) in [6, 6.07) is 6.81. The lowest BCUT2D eigenvalue weighted by atomic mass is 9.88. The summed E-state index contributed by atoms with van der Waals surface area (Å²) in [7, 11) is 1.77. The van der Waals surface area contributed by atoms with Crippen LogP contribution in [0.4, 0.5) is 0 Å². The molecule has 2 nitrogen and oxygen atoms in total. The molecule has 17 heavy (non-hydrogen) atoms. The molecule has 0 saturated carbocycles. The van der Waals surface area contributed by atoms with Gasteiger partial charge in [0.2, 0.25) is 0 Å². The van der Waals surface area contributed by atoms with Crippen LogP contribution in [-0.2, 0) is 4.74 Å². The number of aryl methyl sites for hydroxylation is 2. The molecule has 0 aromatic heterocycles. The first-order valence-electron chi connectivity index (χ1n) is 6.28. The van der Waals surface area contributed by atoms with Crippen molar-refractivity contribution >= 4 is 0 Å². The highest BCUT2D eigenvalue weighted by Crippen LogP contribution is 2.30. The number of methoxy groups -OCH3 is 1. The zero-order chi connectivity index (χ0) is 13.1. The third kappa shape index (κ3) is 3.30. The molecule has 0 fully saturated rings. The van der Waals surface area contributed by atoms with E-state index in [0.29, 0.717) is 0 Å². The maximum Gasteiger partial charge on any atom is 0.0816 e. The number of nitrogens with one attached hydrogen (secondary N) is 1. The molecule has 1 aromatic rings. The molecule has 1 rings (SSSR count). The minimum atomic E-state index is -0.214. The van der Waals surface area contributed by atoms with Crippen LogP contribution >= 0.6 is 0 Å². The number of hydrogen-bond donors (Lipinski definition) is 1. The summed E-state index contributed by atoms with van der Waals surface area (Å²) in [6.07, 6.45) is 0. The van der Waals surface area contributed by atoms with Gasteiger partial charge in [-0.05, 0) is 45.4 Å². The zero-order valence-corrected chi connectivity index (χ0v) is 11.9. The Morgan fingerprint density at radius 3 is 2.47 bits per heavy atom. The van der Waals surface area contributed by atoms with E-state index in [-0.39, 0.29) is 11.6 Å². The molecular formula is C15H25NO. The van der Waals surface area contributed by atoms with Gasteiger partial charge >= 0.3 is 0 Å². The number of ether oxygens (including phenoxy) is 1. The minimum absolute atomic E-state index is 0.214. The summed E-state index contributed by atoms with van der Waals surface area (Å²) >= 11 is 0. The van der Waals surface area contributed by atoms with Crippen molar-refractivity contribution in [2.45, 2.75) is 46.3 Å². The molecule has 0 heterocycles. The van der Waals surface area contributed by atoms with Crippen molar-refractivity contribution in [3.05, 3.63) is 34.9 Å². The second-order valence-electron chi connectivity index (χ2n) is 5.16. The predicted octanol–water partition coefficient (Wildman–Crippen LogP) is 3.38. The lowest BCUT2D eigenvalue weighted by molar-refractivity contribution is -0.0108. The number of rotatable bonds is 5. The van der Waals surface area contributed by atoms with Crippen molar-refractivity contribution in [3.63, 3.8) is 0 Å². The van der Waals surface area contributed by atoms with Crippen molar-refractivity contribution in [3.8, 4) is 0 Å². The molecule has 1 N–H and O–H groups in total. The van der Waals surface area contributed by atoms with E-state index in [2.05, 4.69) is 58.1 Å². The number of hydrogen-bond acceptors (Lipinski definition) is 2. The van der Waals surface area contributed by atoms with Gasteiger partial charge in [0.15, 0.2) is 0 Å². The summed E-state index contributed by atoms with van der Waals surface area (Å²) in [5, 5.41) is 3.53. The summed E-state index contributed by atoms with van der Waals surface area (Å²) in [5.41, 5.74) is 3.72. The highest BCUT2D eigenvalue weighted by molar-refractivity contribution is 5.34. The summed E-state index contributed by atoms with van der Waals surface area (Å²) < 4.78 is 5.64. The Morgan fingerprint density at radius 1 is 1.29 bits per heavy atom. The predicted molar refractivity (Wildman–Crippen MR) is 73.4 cm³/mol. The van der Waals surface area contributed by atoms with Gasteiger partial charge < -0.3 is 10.1 Å². The van der Waals surface area contributed by atoms with Crippen molar-refractivity contribution < 1.29 is 4.74 Å². The first-order valence-corrected chi connectivity index (χ1v) is 6.28. The van der Waals surface area contributed by atoms with Crippen LogP contribution in [0.25, 0.3) is 0 Å². The van der Waals surface area contributed by atoms with Gasteiger partial charge in [0.25, 0.3) is 0 Å². The van der Waals surface area contributed by atoms with Crippen LogP contribution < -0.4 is 5.32 Å². The van der Waals surface area contributed by atoms with E-state index in [1.165, 1.54) is 16.7 Å². The third-order valence-electron chi connectivity index (χ3n) is 3.38. The van der Waals surface area contributed by atoms with Crippen LogP contribution in [0, 0.1) is 13.8 Å². The Balaban J connectivity index is 3.17. The van der Waals surface area contributed by atoms with Crippen molar-refractivity contribution in [2.24, 2.45) is 0 Å². The van der Waals surface area contributed by atoms with Crippen LogP contribution in [0.2, 0.25) is 0 Å². The first-order chi connectivity index (χ1) is 7.92. The Morgan fingerprint density at radius 2 is 1.94 bits per heavy atom. The van der Waals surface area contributed by atoms with Gasteiger partial charge in [-0.15, -0.1) is 0 Å². The molecule has 96 valence electrons. The second-order valence-corrected chi connectivity index (χ2v) is 5.16. The average Bonchev–Trinajstić information content (AvgIpc) is 2.29. The molecule has 1 unspecified atom stereocenters. The Kier molecular flexibility index (Phi) is 4.72. The smallest absolute Gasteiger partial charge is 0.0816 e. The van der Waals surface area contributed by atoms with E-state index in [9.17, 15) is 0 Å². The van der Waals surface area contributed by atoms with Crippen LogP contribution in [0.1, 0.15) is 43.5 Å². The van der Waals surface area contributed by atoms with E-state index in [1.54, 1.807) is 7.11 Å². The molecule has 0 aliphatic heterocycles. The monoisotopic (exact) mass is 235 g/mol. The zero-order valence-electron chi connectivity index (χ0n) is 11.9. The molecule has 2 heteroatoms. The maximum atomic E-state index is 5.64. The summed E-state index contributed by atoms with van der Waals surface area (Å²) in [4.78, 5) is 0. The largest absolute Gasteiger partial charge is 0.377 e. The quantitative estimate of drug-likeness (QED) is 0.844. The van der Waals surface area contributed by atoms with Crippen molar-refractivity contribution in [1.29, 1.82) is 0 Å². The van der Waals surface area contributed by atoms with E-state index < -0.39 is 0 Å². The Bertz CT molecular complexity index is 371. The molecular weight excluding hydrogens is 210 g/mol. The second kappa shape index (κ2) is 5.65. The van der Waals surface area contributed by atoms with Gasteiger partial charge in [-0.2, -0.15) is 0 Å². The lowest BCUT2D eigenvalue weighted by Crippen LogP contribution is -2.41. The van der Waals surface area contributed by atoms with Crippen LogP contribution in [0.15, 0.2) is 18.2 Å². The Hall–Kier alpha value is -0.860. The van der Waals surface area contributed by atoms with Gasteiger partial charge in [-0.3, -0.25) is 0 Å². The van der Waals surface area contributed by atoms with E-state index in [0.717, 1.165) is 6.54 Å². The molecule has 0 saturated heterocycles. The van der Waals surface area contributed by atoms with Gasteiger partial charge in [-0.25, -0.2) is 0 Å². The topological polar surface area (TPSA) is 21.3 Å². The van der Waals surface area contributed by atoms with Crippen molar-refractivity contribution in [2.75, 3.05) is 13.7 Å². The molecule has 0 radical (unpaired) electrons. The van der Waals surface area contributed by atoms with Crippen LogP contribution in [0.5, 0.6) is 0 Å². The van der Waals surface area contributed by atoms with Gasteiger partial charge in [0.05, 0.1) is 11.6 Å². The first kappa shape index (κ1) is 14.2. The molecule has 0 aliphatic rings. The normalized spacial score (nSPS) is 13.8. The summed E-state index contributed by atoms with van der Waals surface area (Å²) in [5.74, 6) is 0. The van der Waals surface area contributed by atoms with E-state index in [1.807, 2.05) is 0 Å². The SMILES string of the molecule is CCNC(c1cc(C)ccc1C)C(C)(C)OC. The molecule has 0 aliphatic carbocycles. The van der Waals surface area contributed by atoms with Crippen molar-refractivity contribution in [1.82, 2.24) is 5.32 Å². The van der Waals surface area contributed by atoms with E-state index >= 15 is 0 Å². The molecule has 0 bridgehead atoms. The molecule has 0 amide bonds. The van der Waals surface area contributed by atoms with Crippen LogP contribution in [-0.4, -0.2) is 19.3 Å². The van der Waals surface area contributed by atoms with Gasteiger partial charge in [-0.1, -0.05) is 30.7 Å². The Labute approximate surface area is 105 Å². The van der Waals surface area contributed by atoms with E-state index in [4.69, 9.17) is 4.74 Å². The lowest BCUT2D eigenvalue weighted by Gasteiger charge is -2.35. The average molecular weight is 235 g/mol. The minimum Gasteiger partial charge on any atom is -0.377 e. The number of benzene rings is 1. The highest BCUT2D eigenvalue weighted by Gasteiger charge is 2.30. The highest BCUT2D eigenvalue weighted by atomic mass is 16.5.